The summed E-state index contributed by atoms with van der Waals surface area (Å²) in [6.45, 7) is 3.95. The fourth-order valence-electron chi connectivity index (χ4n) is 3.37. The molecule has 7 heteroatoms. The zero-order chi connectivity index (χ0) is 17.7. The van der Waals surface area contributed by atoms with Crippen LogP contribution in [0.3, 0.4) is 0 Å². The van der Waals surface area contributed by atoms with Crippen LogP contribution in [0.2, 0.25) is 0 Å². The summed E-state index contributed by atoms with van der Waals surface area (Å²) < 4.78 is 5.33. The molecule has 0 aromatic rings. The molecule has 2 atom stereocenters. The number of rotatable bonds is 6. The minimum atomic E-state index is -1.01. The van der Waals surface area contributed by atoms with Gasteiger partial charge in [0.2, 0.25) is 5.91 Å². The van der Waals surface area contributed by atoms with Gasteiger partial charge in [-0.25, -0.2) is 4.79 Å². The molecule has 0 spiro atoms. The third kappa shape index (κ3) is 4.47. The van der Waals surface area contributed by atoms with Crippen LogP contribution in [0.15, 0.2) is 0 Å². The molecule has 0 saturated carbocycles. The molecule has 0 bridgehead atoms. The van der Waals surface area contributed by atoms with Crippen LogP contribution in [0.5, 0.6) is 0 Å². The normalized spacial score (nSPS) is 24.8. The first-order valence-corrected chi connectivity index (χ1v) is 8.86. The van der Waals surface area contributed by atoms with Gasteiger partial charge in [0.15, 0.2) is 6.10 Å². The molecule has 0 aliphatic carbocycles. The van der Waals surface area contributed by atoms with Gasteiger partial charge in [-0.05, 0) is 32.1 Å². The van der Waals surface area contributed by atoms with Crippen LogP contribution in [0, 0.1) is 5.92 Å². The first-order valence-electron chi connectivity index (χ1n) is 8.86. The number of aliphatic carboxylic acids is 1. The number of nitrogens with zero attached hydrogens (tertiary/aromatic N) is 2. The highest BCUT2D eigenvalue weighted by Gasteiger charge is 2.38. The Morgan fingerprint density at radius 2 is 1.75 bits per heavy atom. The molecule has 7 nitrogen and oxygen atoms in total. The van der Waals surface area contributed by atoms with E-state index < -0.39 is 18.2 Å². The van der Waals surface area contributed by atoms with E-state index in [4.69, 9.17) is 9.84 Å². The zero-order valence-electron chi connectivity index (χ0n) is 14.6. The molecule has 0 aromatic carbocycles. The van der Waals surface area contributed by atoms with E-state index in [9.17, 15) is 14.4 Å². The van der Waals surface area contributed by atoms with Crippen LogP contribution in [-0.2, 0) is 19.1 Å². The summed E-state index contributed by atoms with van der Waals surface area (Å²) in [6.07, 6.45) is 2.70. The van der Waals surface area contributed by atoms with Gasteiger partial charge in [0.25, 0.3) is 5.91 Å². The van der Waals surface area contributed by atoms with Gasteiger partial charge in [-0.15, -0.1) is 0 Å². The molecule has 0 aromatic heterocycles. The molecule has 24 heavy (non-hydrogen) atoms. The highest BCUT2D eigenvalue weighted by molar-refractivity contribution is 5.83. The van der Waals surface area contributed by atoms with Crippen molar-refractivity contribution in [1.29, 1.82) is 0 Å². The summed E-state index contributed by atoms with van der Waals surface area (Å²) in [6, 6.07) is 0. The Kier molecular flexibility index (Phi) is 6.60. The van der Waals surface area contributed by atoms with Crippen LogP contribution in [0.1, 0.15) is 45.4 Å². The van der Waals surface area contributed by atoms with Gasteiger partial charge in [-0.1, -0.05) is 13.3 Å². The van der Waals surface area contributed by atoms with Crippen LogP contribution in [0.4, 0.5) is 0 Å². The molecule has 2 saturated heterocycles. The lowest BCUT2D eigenvalue weighted by atomic mass is 9.95. The Labute approximate surface area is 142 Å². The van der Waals surface area contributed by atoms with Gasteiger partial charge in [0, 0.05) is 32.6 Å². The van der Waals surface area contributed by atoms with E-state index in [0.717, 1.165) is 19.4 Å². The summed E-state index contributed by atoms with van der Waals surface area (Å²) in [5.74, 6) is -1.00. The molecule has 2 amide bonds. The monoisotopic (exact) mass is 340 g/mol. The summed E-state index contributed by atoms with van der Waals surface area (Å²) in [5.41, 5.74) is 0. The lowest BCUT2D eigenvalue weighted by molar-refractivity contribution is -0.156. The van der Waals surface area contributed by atoms with Crippen molar-refractivity contribution < 1.29 is 24.2 Å². The van der Waals surface area contributed by atoms with Crippen LogP contribution < -0.4 is 0 Å². The van der Waals surface area contributed by atoms with E-state index in [0.29, 0.717) is 38.8 Å². The van der Waals surface area contributed by atoms with E-state index in [-0.39, 0.29) is 17.7 Å². The second-order valence-corrected chi connectivity index (χ2v) is 6.74. The van der Waals surface area contributed by atoms with E-state index >= 15 is 0 Å². The molecule has 136 valence electrons. The van der Waals surface area contributed by atoms with Crippen LogP contribution in [0.25, 0.3) is 0 Å². The average Bonchev–Trinajstić information content (AvgIpc) is 3.09. The maximum absolute atomic E-state index is 12.4. The molecule has 2 aliphatic heterocycles. The maximum Gasteiger partial charge on any atom is 0.332 e. The van der Waals surface area contributed by atoms with Gasteiger partial charge < -0.3 is 19.6 Å². The van der Waals surface area contributed by atoms with E-state index in [1.165, 1.54) is 0 Å². The number of hydrogen-bond acceptors (Lipinski definition) is 4. The number of ether oxygens (including phenoxy) is 1. The molecule has 2 heterocycles. The Balaban J connectivity index is 1.79. The molecule has 0 radical (unpaired) electrons. The number of carboxylic acid groups (broad SMARTS) is 1. The highest BCUT2D eigenvalue weighted by atomic mass is 16.5. The predicted octanol–water partition coefficient (Wildman–Crippen LogP) is 1.12. The third-order valence-electron chi connectivity index (χ3n) is 4.95. The third-order valence-corrected chi connectivity index (χ3v) is 4.95. The Morgan fingerprint density at radius 1 is 1.12 bits per heavy atom. The summed E-state index contributed by atoms with van der Waals surface area (Å²) in [7, 11) is 1.84. The number of hydrogen-bond donors (Lipinski definition) is 1. The number of carbonyl (C=O) groups is 3. The summed E-state index contributed by atoms with van der Waals surface area (Å²) >= 11 is 0. The van der Waals surface area contributed by atoms with Crippen molar-refractivity contribution in [2.45, 2.75) is 57.7 Å². The summed E-state index contributed by atoms with van der Waals surface area (Å²) in [5, 5.41) is 8.94. The van der Waals surface area contributed by atoms with Gasteiger partial charge in [0.05, 0.1) is 0 Å². The Hall–Kier alpha value is -1.63. The van der Waals surface area contributed by atoms with Crippen molar-refractivity contribution in [1.82, 2.24) is 9.80 Å². The number of unbranched alkanes of at least 4 members (excludes halogenated alkanes) is 1. The molecule has 2 rings (SSSR count). The van der Waals surface area contributed by atoms with Crippen molar-refractivity contribution in [2.75, 3.05) is 26.7 Å². The van der Waals surface area contributed by atoms with Crippen LogP contribution in [-0.4, -0.2) is 71.6 Å². The minimum absolute atomic E-state index is 0.0211. The number of amides is 2. The van der Waals surface area contributed by atoms with Gasteiger partial charge >= 0.3 is 5.97 Å². The molecule has 2 aliphatic rings. The Morgan fingerprint density at radius 3 is 2.29 bits per heavy atom. The number of carbonyl (C=O) groups excluding carboxylic acids is 2. The van der Waals surface area contributed by atoms with Crippen LogP contribution >= 0.6 is 0 Å². The maximum atomic E-state index is 12.4. The smallest absolute Gasteiger partial charge is 0.332 e. The fourth-order valence-corrected chi connectivity index (χ4v) is 3.37. The van der Waals surface area contributed by atoms with Crippen molar-refractivity contribution in [2.24, 2.45) is 5.92 Å². The second-order valence-electron chi connectivity index (χ2n) is 6.74. The van der Waals surface area contributed by atoms with Crippen molar-refractivity contribution in [3.8, 4) is 0 Å². The zero-order valence-corrected chi connectivity index (χ0v) is 14.6. The van der Waals surface area contributed by atoms with E-state index in [1.807, 2.05) is 7.05 Å². The van der Waals surface area contributed by atoms with Crippen molar-refractivity contribution in [3.63, 3.8) is 0 Å². The topological polar surface area (TPSA) is 87.2 Å². The predicted molar refractivity (Wildman–Crippen MR) is 87.4 cm³/mol. The number of piperidine rings is 1. The number of likely N-dealkylation sites (tertiary alicyclic amines) is 1. The van der Waals surface area contributed by atoms with Gasteiger partial charge in [0.1, 0.15) is 6.10 Å². The molecular weight excluding hydrogens is 312 g/mol. The van der Waals surface area contributed by atoms with Gasteiger partial charge in [-0.2, -0.15) is 0 Å². The first-order chi connectivity index (χ1) is 11.4. The summed E-state index contributed by atoms with van der Waals surface area (Å²) in [4.78, 5) is 39.2. The van der Waals surface area contributed by atoms with E-state index in [2.05, 4.69) is 6.92 Å². The first kappa shape index (κ1) is 18.7. The quantitative estimate of drug-likeness (QED) is 0.783. The molecular formula is C17H28N2O5. The molecule has 0 unspecified atom stereocenters. The minimum Gasteiger partial charge on any atom is -0.479 e. The largest absolute Gasteiger partial charge is 0.479 e. The Bertz CT molecular complexity index is 474. The van der Waals surface area contributed by atoms with E-state index in [1.54, 1.807) is 9.80 Å². The highest BCUT2D eigenvalue weighted by Crippen LogP contribution is 2.25. The molecule has 1 N–H and O–H groups in total. The lowest BCUT2D eigenvalue weighted by Crippen LogP contribution is -2.47. The lowest BCUT2D eigenvalue weighted by Gasteiger charge is -2.34. The van der Waals surface area contributed by atoms with Crippen molar-refractivity contribution >= 4 is 17.8 Å². The van der Waals surface area contributed by atoms with Gasteiger partial charge in [-0.3, -0.25) is 9.59 Å². The SMILES string of the molecule is CCCCN(C)C(=O)C1CCN(C(=O)[C@@H]2CC[C@H](C(=O)O)O2)CC1. The standard InChI is InChI=1S/C17H28N2O5/c1-3-4-9-18(2)15(20)12-7-10-19(11-8-12)16(21)13-5-6-14(24-13)17(22)23/h12-14H,3-11H2,1-2H3,(H,22,23)/t13-,14+/m0/s1. The fraction of sp³-hybridized carbons (Fsp3) is 0.824. The average molecular weight is 340 g/mol. The number of carboxylic acids is 1. The second kappa shape index (κ2) is 8.46. The van der Waals surface area contributed by atoms with Crippen molar-refractivity contribution in [3.05, 3.63) is 0 Å². The molecule has 2 fully saturated rings.